The first-order valence-corrected chi connectivity index (χ1v) is 4.78. The predicted octanol–water partition coefficient (Wildman–Crippen LogP) is 1.73. The highest BCUT2D eigenvalue weighted by molar-refractivity contribution is 5.83. The minimum absolute atomic E-state index is 0.220. The highest BCUT2D eigenvalue weighted by Crippen LogP contribution is 2.28. The minimum atomic E-state index is 0.220. The third kappa shape index (κ3) is 1.47. The fourth-order valence-electron chi connectivity index (χ4n) is 1.67. The van der Waals surface area contributed by atoms with Crippen molar-refractivity contribution in [2.45, 2.75) is 13.5 Å². The predicted molar refractivity (Wildman–Crippen MR) is 57.8 cm³/mol. The Morgan fingerprint density at radius 1 is 1.47 bits per heavy atom. The lowest BCUT2D eigenvalue weighted by Crippen LogP contribution is -1.91. The van der Waals surface area contributed by atoms with E-state index in [-0.39, 0.29) is 5.75 Å². The van der Waals surface area contributed by atoms with Gasteiger partial charge in [0.05, 0.1) is 12.1 Å². The van der Waals surface area contributed by atoms with Gasteiger partial charge in [0.25, 0.3) is 0 Å². The third-order valence-corrected chi connectivity index (χ3v) is 2.63. The Balaban J connectivity index is 2.68. The van der Waals surface area contributed by atoms with Gasteiger partial charge in [-0.15, -0.1) is 0 Å². The number of phenols is 1. The molecule has 2 rings (SSSR count). The monoisotopic (exact) mass is 206 g/mol. The SMILES string of the molecule is COCc1ccc2c(nc(C)n2C)c1O. The lowest BCUT2D eigenvalue weighted by molar-refractivity contribution is 0.182. The summed E-state index contributed by atoms with van der Waals surface area (Å²) < 4.78 is 6.95. The van der Waals surface area contributed by atoms with Crippen molar-refractivity contribution in [2.75, 3.05) is 7.11 Å². The maximum absolute atomic E-state index is 9.96. The zero-order valence-electron chi connectivity index (χ0n) is 9.11. The average molecular weight is 206 g/mol. The van der Waals surface area contributed by atoms with E-state index < -0.39 is 0 Å². The maximum atomic E-state index is 9.96. The number of aromatic hydroxyl groups is 1. The van der Waals surface area contributed by atoms with Gasteiger partial charge in [0.2, 0.25) is 0 Å². The highest BCUT2D eigenvalue weighted by atomic mass is 16.5. The summed E-state index contributed by atoms with van der Waals surface area (Å²) in [5.74, 6) is 1.10. The van der Waals surface area contributed by atoms with Crippen molar-refractivity contribution < 1.29 is 9.84 Å². The van der Waals surface area contributed by atoms with E-state index in [1.54, 1.807) is 7.11 Å². The number of nitrogens with zero attached hydrogens (tertiary/aromatic N) is 2. The molecule has 0 radical (unpaired) electrons. The van der Waals surface area contributed by atoms with Gasteiger partial charge in [-0.1, -0.05) is 6.07 Å². The van der Waals surface area contributed by atoms with Gasteiger partial charge in [0.1, 0.15) is 17.1 Å². The fraction of sp³-hybridized carbons (Fsp3) is 0.364. The van der Waals surface area contributed by atoms with Gasteiger partial charge >= 0.3 is 0 Å². The molecule has 0 atom stereocenters. The maximum Gasteiger partial charge on any atom is 0.148 e. The third-order valence-electron chi connectivity index (χ3n) is 2.63. The molecule has 0 amide bonds. The number of phenolic OH excluding ortho intramolecular Hbond substituents is 1. The van der Waals surface area contributed by atoms with E-state index in [4.69, 9.17) is 4.74 Å². The second-order valence-corrected chi connectivity index (χ2v) is 3.59. The Kier molecular flexibility index (Phi) is 2.36. The van der Waals surface area contributed by atoms with E-state index in [0.717, 1.165) is 16.9 Å². The molecule has 1 N–H and O–H groups in total. The van der Waals surface area contributed by atoms with Crippen LogP contribution in [0.15, 0.2) is 12.1 Å². The summed E-state index contributed by atoms with van der Waals surface area (Å²) >= 11 is 0. The van der Waals surface area contributed by atoms with E-state index in [1.807, 2.05) is 30.7 Å². The van der Waals surface area contributed by atoms with Crippen LogP contribution < -0.4 is 0 Å². The van der Waals surface area contributed by atoms with Gasteiger partial charge < -0.3 is 14.4 Å². The highest BCUT2D eigenvalue weighted by Gasteiger charge is 2.11. The summed E-state index contributed by atoms with van der Waals surface area (Å²) in [4.78, 5) is 4.31. The number of hydrogen-bond donors (Lipinski definition) is 1. The summed E-state index contributed by atoms with van der Waals surface area (Å²) in [5, 5.41) is 9.96. The fourth-order valence-corrected chi connectivity index (χ4v) is 1.67. The van der Waals surface area contributed by atoms with E-state index >= 15 is 0 Å². The molecule has 0 aliphatic rings. The van der Waals surface area contributed by atoms with Gasteiger partial charge in [0, 0.05) is 19.7 Å². The second-order valence-electron chi connectivity index (χ2n) is 3.59. The number of methoxy groups -OCH3 is 1. The van der Waals surface area contributed by atoms with Crippen molar-refractivity contribution in [1.82, 2.24) is 9.55 Å². The van der Waals surface area contributed by atoms with E-state index in [9.17, 15) is 5.11 Å². The summed E-state index contributed by atoms with van der Waals surface area (Å²) in [6.07, 6.45) is 0. The number of benzene rings is 1. The van der Waals surface area contributed by atoms with Crippen LogP contribution in [-0.4, -0.2) is 21.8 Å². The van der Waals surface area contributed by atoms with Crippen molar-refractivity contribution in [3.63, 3.8) is 0 Å². The molecule has 0 aliphatic carbocycles. The Labute approximate surface area is 88.1 Å². The molecule has 0 saturated heterocycles. The number of hydrogen-bond acceptors (Lipinski definition) is 3. The van der Waals surface area contributed by atoms with Crippen LogP contribution in [0.4, 0.5) is 0 Å². The zero-order valence-corrected chi connectivity index (χ0v) is 9.11. The molecule has 2 aromatic rings. The van der Waals surface area contributed by atoms with Crippen LogP contribution in [0.3, 0.4) is 0 Å². The van der Waals surface area contributed by atoms with Crippen LogP contribution in [0, 0.1) is 6.92 Å². The molecule has 0 fully saturated rings. The lowest BCUT2D eigenvalue weighted by atomic mass is 10.2. The van der Waals surface area contributed by atoms with Crippen LogP contribution in [0.2, 0.25) is 0 Å². The van der Waals surface area contributed by atoms with Crippen molar-refractivity contribution in [2.24, 2.45) is 7.05 Å². The molecular formula is C11H14N2O2. The molecule has 80 valence electrons. The summed E-state index contributed by atoms with van der Waals surface area (Å²) in [7, 11) is 3.54. The van der Waals surface area contributed by atoms with E-state index in [0.29, 0.717) is 12.1 Å². The number of imidazole rings is 1. The molecule has 4 heteroatoms. The Bertz CT molecular complexity index is 503. The van der Waals surface area contributed by atoms with Crippen LogP contribution in [0.1, 0.15) is 11.4 Å². The minimum Gasteiger partial charge on any atom is -0.505 e. The first-order chi connectivity index (χ1) is 7.15. The topological polar surface area (TPSA) is 47.3 Å². The van der Waals surface area contributed by atoms with Gasteiger partial charge in [-0.05, 0) is 13.0 Å². The van der Waals surface area contributed by atoms with E-state index in [2.05, 4.69) is 4.98 Å². The normalized spacial score (nSPS) is 11.1. The van der Waals surface area contributed by atoms with Crippen molar-refractivity contribution in [3.05, 3.63) is 23.5 Å². The van der Waals surface area contributed by atoms with Gasteiger partial charge in [-0.3, -0.25) is 0 Å². The molecule has 0 saturated carbocycles. The van der Waals surface area contributed by atoms with Gasteiger partial charge in [0.15, 0.2) is 0 Å². The lowest BCUT2D eigenvalue weighted by Gasteiger charge is -2.04. The molecule has 0 bridgehead atoms. The smallest absolute Gasteiger partial charge is 0.148 e. The van der Waals surface area contributed by atoms with Gasteiger partial charge in [-0.2, -0.15) is 0 Å². The van der Waals surface area contributed by atoms with Crippen LogP contribution >= 0.6 is 0 Å². The Hall–Kier alpha value is -1.55. The van der Waals surface area contributed by atoms with Crippen molar-refractivity contribution in [1.29, 1.82) is 0 Å². The summed E-state index contributed by atoms with van der Waals surface area (Å²) in [6.45, 7) is 2.31. The average Bonchev–Trinajstić information content (AvgIpc) is 2.50. The molecule has 15 heavy (non-hydrogen) atoms. The molecule has 1 aromatic heterocycles. The number of fused-ring (bicyclic) bond motifs is 1. The number of aryl methyl sites for hydroxylation is 2. The Morgan fingerprint density at radius 2 is 2.20 bits per heavy atom. The first kappa shape index (κ1) is 9.98. The van der Waals surface area contributed by atoms with Crippen LogP contribution in [0.5, 0.6) is 5.75 Å². The van der Waals surface area contributed by atoms with Crippen LogP contribution in [-0.2, 0) is 18.4 Å². The largest absolute Gasteiger partial charge is 0.505 e. The number of aromatic nitrogens is 2. The number of rotatable bonds is 2. The molecule has 4 nitrogen and oxygen atoms in total. The molecule has 0 spiro atoms. The standard InChI is InChI=1S/C11H14N2O2/c1-7-12-10-9(13(7)2)5-4-8(6-15-3)11(10)14/h4-5,14H,6H2,1-3H3. The van der Waals surface area contributed by atoms with Crippen molar-refractivity contribution >= 4 is 11.0 Å². The van der Waals surface area contributed by atoms with Gasteiger partial charge in [-0.25, -0.2) is 4.98 Å². The summed E-state index contributed by atoms with van der Waals surface area (Å²) in [6, 6.07) is 3.81. The second kappa shape index (κ2) is 3.55. The number of ether oxygens (including phenoxy) is 1. The zero-order chi connectivity index (χ0) is 11.0. The van der Waals surface area contributed by atoms with Crippen molar-refractivity contribution in [3.8, 4) is 5.75 Å². The molecule has 1 aromatic carbocycles. The Morgan fingerprint density at radius 3 is 2.87 bits per heavy atom. The van der Waals surface area contributed by atoms with E-state index in [1.165, 1.54) is 0 Å². The summed E-state index contributed by atoms with van der Waals surface area (Å²) in [5.41, 5.74) is 2.34. The van der Waals surface area contributed by atoms with Crippen LogP contribution in [0.25, 0.3) is 11.0 Å². The molecule has 1 heterocycles. The molecular weight excluding hydrogens is 192 g/mol. The first-order valence-electron chi connectivity index (χ1n) is 4.78. The molecule has 0 unspecified atom stereocenters. The molecule has 0 aliphatic heterocycles. The quantitative estimate of drug-likeness (QED) is 0.814.